The number of Topliss-reactive ketones (excluding diaryl/α,β-unsaturated/α-hetero) is 1. The molecular weight excluding hydrogens is 477 g/mol. The van der Waals surface area contributed by atoms with Crippen molar-refractivity contribution in [2.75, 3.05) is 13.2 Å². The quantitative estimate of drug-likeness (QED) is 0.110. The van der Waals surface area contributed by atoms with Gasteiger partial charge in [0.15, 0.2) is 5.71 Å². The average molecular weight is 492 g/mol. The van der Waals surface area contributed by atoms with Gasteiger partial charge in [0, 0.05) is 16.5 Å². The lowest BCUT2D eigenvalue weighted by molar-refractivity contribution is -0.0540. The van der Waals surface area contributed by atoms with Crippen molar-refractivity contribution in [3.63, 3.8) is 0 Å². The van der Waals surface area contributed by atoms with E-state index in [1.165, 1.54) is 42.7 Å². The summed E-state index contributed by atoms with van der Waals surface area (Å²) >= 11 is 0. The molecule has 0 unspecified atom stereocenters. The molecule has 0 radical (unpaired) electrons. The van der Waals surface area contributed by atoms with E-state index in [1.807, 2.05) is 0 Å². The molecule has 0 aliphatic carbocycles. The summed E-state index contributed by atoms with van der Waals surface area (Å²) in [5.41, 5.74) is -6.30. The molecule has 0 bridgehead atoms. The van der Waals surface area contributed by atoms with Crippen LogP contribution in [0.25, 0.3) is 10.8 Å². The summed E-state index contributed by atoms with van der Waals surface area (Å²) in [5.74, 6) is -0.512. The third-order valence-corrected chi connectivity index (χ3v) is 5.25. The van der Waals surface area contributed by atoms with E-state index in [1.54, 1.807) is 30.3 Å². The van der Waals surface area contributed by atoms with E-state index in [0.29, 0.717) is 16.5 Å². The predicted molar refractivity (Wildman–Crippen MR) is 114 cm³/mol. The number of ether oxygens (including phenoxy) is 2. The van der Waals surface area contributed by atoms with Crippen LogP contribution in [0.5, 0.6) is 5.75 Å². The van der Waals surface area contributed by atoms with E-state index in [9.17, 15) is 26.4 Å². The number of nitrogens with zero attached hydrogens (tertiary/aromatic N) is 2. The minimum absolute atomic E-state index is 0.00133. The highest BCUT2D eigenvalue weighted by Gasteiger charge is 2.49. The molecule has 0 N–H and O–H groups in total. The second kappa shape index (κ2) is 10.2. The number of fused-ring (bicyclic) bond motifs is 1. The minimum Gasteiger partial charge on any atom is -0.489 e. The van der Waals surface area contributed by atoms with Crippen LogP contribution < -0.4 is 4.74 Å². The van der Waals surface area contributed by atoms with Crippen molar-refractivity contribution in [1.82, 2.24) is 0 Å². The van der Waals surface area contributed by atoms with E-state index in [0.717, 1.165) is 0 Å². The number of oxime groups is 1. The van der Waals surface area contributed by atoms with Crippen LogP contribution in [-0.4, -0.2) is 38.6 Å². The molecule has 3 aromatic rings. The first-order chi connectivity index (χ1) is 16.2. The van der Waals surface area contributed by atoms with Gasteiger partial charge < -0.3 is 9.47 Å². The van der Waals surface area contributed by atoms with Crippen LogP contribution in [-0.2, 0) is 19.1 Å². The fourth-order valence-electron chi connectivity index (χ4n) is 2.91. The summed E-state index contributed by atoms with van der Waals surface area (Å²) in [6, 6.07) is 16.7. The van der Waals surface area contributed by atoms with Gasteiger partial charge in [-0.3, -0.25) is 9.08 Å². The number of carbonyl (C=O) groups excluding carboxylic acids is 1. The Morgan fingerprint density at radius 2 is 1.59 bits per heavy atom. The fourth-order valence-corrected chi connectivity index (χ4v) is 3.17. The zero-order valence-corrected chi connectivity index (χ0v) is 18.0. The molecule has 0 spiro atoms. The Balaban J connectivity index is 2.06. The van der Waals surface area contributed by atoms with Gasteiger partial charge in [0.2, 0.25) is 5.78 Å². The van der Waals surface area contributed by atoms with Crippen molar-refractivity contribution in [3.8, 4) is 12.0 Å². The van der Waals surface area contributed by atoms with Crippen molar-refractivity contribution < 1.29 is 40.1 Å². The number of halogens is 3. The van der Waals surface area contributed by atoms with E-state index in [-0.39, 0.29) is 24.3 Å². The number of nitriles is 1. The largest absolute Gasteiger partial charge is 0.536 e. The minimum atomic E-state index is -6.08. The van der Waals surface area contributed by atoms with Crippen molar-refractivity contribution >= 4 is 32.4 Å². The molecule has 0 saturated heterocycles. The monoisotopic (exact) mass is 492 g/mol. The Kier molecular flexibility index (Phi) is 7.37. The van der Waals surface area contributed by atoms with Crippen LogP contribution in [0.1, 0.15) is 15.9 Å². The van der Waals surface area contributed by atoms with Gasteiger partial charge in [-0.25, -0.2) is 0 Å². The molecule has 34 heavy (non-hydrogen) atoms. The molecule has 0 fully saturated rings. The molecule has 0 aliphatic heterocycles. The number of carbonyl (C=O) groups is 1. The maximum Gasteiger partial charge on any atom is 0.536 e. The van der Waals surface area contributed by atoms with E-state index >= 15 is 0 Å². The number of benzene rings is 3. The molecular formula is C22H15F3N2O6S. The molecule has 0 atom stereocenters. The van der Waals surface area contributed by atoms with Crippen LogP contribution in [0.3, 0.4) is 0 Å². The van der Waals surface area contributed by atoms with Crippen LogP contribution in [0, 0.1) is 11.5 Å². The third-order valence-electron chi connectivity index (χ3n) is 4.41. The SMILES string of the molecule is N#COCCOc1ccc(C(=O)/C(=N/OS(=O)(=O)C(F)(F)F)c2ccccc2)c2ccccc12. The normalized spacial score (nSPS) is 12.1. The Bertz CT molecular complexity index is 1370. The lowest BCUT2D eigenvalue weighted by atomic mass is 9.95. The van der Waals surface area contributed by atoms with Crippen LogP contribution in [0.2, 0.25) is 0 Å². The summed E-state index contributed by atoms with van der Waals surface area (Å²) in [6.45, 7) is 0.0477. The number of ketones is 1. The van der Waals surface area contributed by atoms with Gasteiger partial charge in [-0.05, 0) is 17.5 Å². The first-order valence-corrected chi connectivity index (χ1v) is 10.9. The fraction of sp³-hybridized carbons (Fsp3) is 0.136. The van der Waals surface area contributed by atoms with E-state index in [2.05, 4.69) is 14.2 Å². The number of rotatable bonds is 9. The van der Waals surface area contributed by atoms with Gasteiger partial charge in [0.25, 0.3) is 6.26 Å². The molecule has 176 valence electrons. The molecule has 0 amide bonds. The number of hydrogen-bond acceptors (Lipinski definition) is 8. The lowest BCUT2D eigenvalue weighted by Crippen LogP contribution is -2.25. The first kappa shape index (κ1) is 24.5. The molecule has 0 aromatic heterocycles. The maximum absolute atomic E-state index is 13.4. The van der Waals surface area contributed by atoms with Gasteiger partial charge in [0.1, 0.15) is 19.0 Å². The van der Waals surface area contributed by atoms with Crippen molar-refractivity contribution in [2.24, 2.45) is 5.16 Å². The summed E-state index contributed by atoms with van der Waals surface area (Å²) in [5, 5.41) is 12.4. The first-order valence-electron chi connectivity index (χ1n) is 9.49. The van der Waals surface area contributed by atoms with Crippen LogP contribution >= 0.6 is 0 Å². The van der Waals surface area contributed by atoms with Crippen LogP contribution in [0.15, 0.2) is 71.9 Å². The average Bonchev–Trinajstić information content (AvgIpc) is 2.81. The standard InChI is InChI=1S/C22H15F3N2O6S/c23-22(24,25)34(29,30)33-27-20(15-6-2-1-3-7-15)21(28)18-10-11-19(32-13-12-31-14-26)17-9-5-4-8-16(17)18/h1-11H,12-13H2/b27-20+. The molecule has 12 heteroatoms. The van der Waals surface area contributed by atoms with Gasteiger partial charge in [-0.15, -0.1) is 0 Å². The molecule has 0 aliphatic rings. The van der Waals surface area contributed by atoms with Gasteiger partial charge >= 0.3 is 15.6 Å². The lowest BCUT2D eigenvalue weighted by Gasteiger charge is -2.13. The molecule has 0 heterocycles. The number of hydrogen-bond donors (Lipinski definition) is 0. The van der Waals surface area contributed by atoms with Crippen molar-refractivity contribution in [2.45, 2.75) is 5.51 Å². The van der Waals surface area contributed by atoms with Gasteiger partial charge in [-0.1, -0.05) is 59.8 Å². The topological polar surface area (TPSA) is 115 Å². The van der Waals surface area contributed by atoms with Crippen molar-refractivity contribution in [1.29, 1.82) is 5.26 Å². The third kappa shape index (κ3) is 5.44. The second-order valence-electron chi connectivity index (χ2n) is 6.55. The van der Waals surface area contributed by atoms with Gasteiger partial charge in [-0.2, -0.15) is 26.9 Å². The van der Waals surface area contributed by atoms with Crippen molar-refractivity contribution in [3.05, 3.63) is 77.9 Å². The zero-order valence-electron chi connectivity index (χ0n) is 17.2. The highest BCUT2D eigenvalue weighted by atomic mass is 32.2. The van der Waals surface area contributed by atoms with Crippen LogP contribution in [0.4, 0.5) is 13.2 Å². The Morgan fingerprint density at radius 1 is 0.941 bits per heavy atom. The van der Waals surface area contributed by atoms with Gasteiger partial charge in [0.05, 0.1) is 0 Å². The zero-order chi connectivity index (χ0) is 24.8. The molecule has 8 nitrogen and oxygen atoms in total. The Labute approximate surface area is 191 Å². The highest BCUT2D eigenvalue weighted by molar-refractivity contribution is 7.87. The predicted octanol–water partition coefficient (Wildman–Crippen LogP) is 4.17. The Morgan fingerprint density at radius 3 is 2.24 bits per heavy atom. The molecule has 0 saturated carbocycles. The highest BCUT2D eigenvalue weighted by Crippen LogP contribution is 2.30. The second-order valence-corrected chi connectivity index (χ2v) is 8.07. The molecule has 3 aromatic carbocycles. The van der Waals surface area contributed by atoms with E-state index in [4.69, 9.17) is 10.00 Å². The Hall–Kier alpha value is -4.11. The van der Waals surface area contributed by atoms with E-state index < -0.39 is 27.1 Å². The molecule has 3 rings (SSSR count). The smallest absolute Gasteiger partial charge is 0.489 e. The summed E-state index contributed by atoms with van der Waals surface area (Å²) in [4.78, 5) is 13.4. The number of alkyl halides is 3. The maximum atomic E-state index is 13.4. The summed E-state index contributed by atoms with van der Waals surface area (Å²) in [7, 11) is -6.08. The summed E-state index contributed by atoms with van der Waals surface area (Å²) in [6.07, 6.45) is 1.51. The summed E-state index contributed by atoms with van der Waals surface area (Å²) < 4.78 is 74.7.